The van der Waals surface area contributed by atoms with Gasteiger partial charge in [-0.3, -0.25) is 4.79 Å². The molecule has 3 N–H and O–H groups in total. The SMILES string of the molecule is O=C(O)COCCNC(=O)c1cn(CCNC(=O)OCC2c3ccccc3-c3ccccc32)cn1. The van der Waals surface area contributed by atoms with Crippen molar-refractivity contribution in [2.45, 2.75) is 12.5 Å². The normalized spacial score (nSPS) is 12.0. The molecule has 10 heteroatoms. The number of carboxylic acid groups (broad SMARTS) is 1. The van der Waals surface area contributed by atoms with Gasteiger partial charge in [-0.15, -0.1) is 0 Å². The summed E-state index contributed by atoms with van der Waals surface area (Å²) < 4.78 is 12.0. The lowest BCUT2D eigenvalue weighted by atomic mass is 9.98. The number of aromatic nitrogens is 2. The van der Waals surface area contributed by atoms with Crippen molar-refractivity contribution in [2.75, 3.05) is 32.9 Å². The Balaban J connectivity index is 1.19. The lowest BCUT2D eigenvalue weighted by Gasteiger charge is -2.14. The average Bonchev–Trinajstić information content (AvgIpc) is 3.45. The second-order valence-corrected chi connectivity index (χ2v) is 7.95. The fourth-order valence-corrected chi connectivity index (χ4v) is 4.02. The fraction of sp³-hybridized carbons (Fsp3) is 0.280. The second-order valence-electron chi connectivity index (χ2n) is 7.95. The number of imidazole rings is 1. The Kier molecular flexibility index (Phi) is 7.74. The van der Waals surface area contributed by atoms with E-state index in [9.17, 15) is 14.4 Å². The molecule has 0 aliphatic heterocycles. The molecule has 0 saturated carbocycles. The summed E-state index contributed by atoms with van der Waals surface area (Å²) in [6, 6.07) is 16.3. The number of hydrogen-bond acceptors (Lipinski definition) is 6. The Labute approximate surface area is 201 Å². The number of rotatable bonds is 11. The highest BCUT2D eigenvalue weighted by Gasteiger charge is 2.28. The third-order valence-corrected chi connectivity index (χ3v) is 5.61. The van der Waals surface area contributed by atoms with Crippen LogP contribution < -0.4 is 10.6 Å². The van der Waals surface area contributed by atoms with E-state index in [1.807, 2.05) is 24.3 Å². The van der Waals surface area contributed by atoms with Crippen LogP contribution in [0.2, 0.25) is 0 Å². The number of carbonyl (C=O) groups is 3. The zero-order valence-electron chi connectivity index (χ0n) is 19.0. The first-order valence-corrected chi connectivity index (χ1v) is 11.2. The molecule has 2 amide bonds. The number of fused-ring (bicyclic) bond motifs is 3. The van der Waals surface area contributed by atoms with Crippen molar-refractivity contribution in [3.05, 3.63) is 77.9 Å². The number of carbonyl (C=O) groups excluding carboxylic acids is 2. The van der Waals surface area contributed by atoms with Crippen LogP contribution in [0.5, 0.6) is 0 Å². The largest absolute Gasteiger partial charge is 0.480 e. The Morgan fingerprint density at radius 1 is 0.971 bits per heavy atom. The number of amides is 2. The number of carboxylic acids is 1. The standard InChI is InChI=1S/C25H26N4O6/c30-23(31)15-34-12-10-26-24(32)22-13-29(16-28-22)11-9-27-25(33)35-14-21-19-7-3-1-5-17(19)18-6-2-4-8-20(18)21/h1-8,13,16,21H,9-12,14-15H2,(H,26,32)(H,27,33)(H,30,31). The molecule has 2 aromatic carbocycles. The minimum absolute atomic E-state index is 0.00241. The maximum Gasteiger partial charge on any atom is 0.407 e. The average molecular weight is 479 g/mol. The van der Waals surface area contributed by atoms with Gasteiger partial charge >= 0.3 is 12.1 Å². The van der Waals surface area contributed by atoms with Crippen molar-refractivity contribution in [3.8, 4) is 11.1 Å². The second kappa shape index (κ2) is 11.3. The van der Waals surface area contributed by atoms with Crippen LogP contribution in [0.3, 0.4) is 0 Å². The molecule has 1 heterocycles. The molecule has 10 nitrogen and oxygen atoms in total. The zero-order chi connectivity index (χ0) is 24.6. The molecule has 0 radical (unpaired) electrons. The molecular formula is C25H26N4O6. The van der Waals surface area contributed by atoms with Crippen molar-refractivity contribution in [3.63, 3.8) is 0 Å². The summed E-state index contributed by atoms with van der Waals surface area (Å²) >= 11 is 0. The van der Waals surface area contributed by atoms with E-state index >= 15 is 0 Å². The highest BCUT2D eigenvalue weighted by Crippen LogP contribution is 2.44. The van der Waals surface area contributed by atoms with Crippen molar-refractivity contribution in [1.29, 1.82) is 0 Å². The van der Waals surface area contributed by atoms with E-state index in [0.29, 0.717) is 13.1 Å². The third kappa shape index (κ3) is 6.04. The van der Waals surface area contributed by atoms with Gasteiger partial charge in [0.2, 0.25) is 0 Å². The van der Waals surface area contributed by atoms with Crippen molar-refractivity contribution < 1.29 is 29.0 Å². The summed E-state index contributed by atoms with van der Waals surface area (Å²) in [6.07, 6.45) is 2.55. The summed E-state index contributed by atoms with van der Waals surface area (Å²) in [4.78, 5) is 38.8. The van der Waals surface area contributed by atoms with Crippen LogP contribution in [0, 0.1) is 0 Å². The Morgan fingerprint density at radius 2 is 1.66 bits per heavy atom. The van der Waals surface area contributed by atoms with Crippen LogP contribution in [-0.2, 0) is 20.8 Å². The number of alkyl carbamates (subject to hydrolysis) is 1. The maximum absolute atomic E-state index is 12.3. The molecular weight excluding hydrogens is 452 g/mol. The molecule has 1 aromatic heterocycles. The Bertz CT molecular complexity index is 1160. The number of aliphatic carboxylic acids is 1. The quantitative estimate of drug-likeness (QED) is 0.360. The summed E-state index contributed by atoms with van der Waals surface area (Å²) in [6.45, 7) is 0.793. The smallest absolute Gasteiger partial charge is 0.407 e. The van der Waals surface area contributed by atoms with Crippen LogP contribution in [-0.4, -0.2) is 65.5 Å². The molecule has 0 spiro atoms. The summed E-state index contributed by atoms with van der Waals surface area (Å²) in [5.41, 5.74) is 4.86. The first kappa shape index (κ1) is 24.0. The zero-order valence-corrected chi connectivity index (χ0v) is 19.0. The molecule has 182 valence electrons. The van der Waals surface area contributed by atoms with Gasteiger partial charge in [0, 0.05) is 31.7 Å². The van der Waals surface area contributed by atoms with Crippen LogP contribution in [0.25, 0.3) is 11.1 Å². The first-order valence-electron chi connectivity index (χ1n) is 11.2. The van der Waals surface area contributed by atoms with E-state index < -0.39 is 24.6 Å². The van der Waals surface area contributed by atoms with Crippen LogP contribution in [0.1, 0.15) is 27.5 Å². The van der Waals surface area contributed by atoms with Crippen LogP contribution in [0.4, 0.5) is 4.79 Å². The monoisotopic (exact) mass is 478 g/mol. The lowest BCUT2D eigenvalue weighted by molar-refractivity contribution is -0.142. The van der Waals surface area contributed by atoms with E-state index in [1.165, 1.54) is 17.5 Å². The van der Waals surface area contributed by atoms with E-state index in [2.05, 4.69) is 39.9 Å². The summed E-state index contributed by atoms with van der Waals surface area (Å²) in [5.74, 6) is -1.47. The number of nitrogens with zero attached hydrogens (tertiary/aromatic N) is 2. The maximum atomic E-state index is 12.3. The molecule has 1 aliphatic rings. The minimum Gasteiger partial charge on any atom is -0.480 e. The first-order chi connectivity index (χ1) is 17.0. The van der Waals surface area contributed by atoms with Crippen LogP contribution in [0.15, 0.2) is 61.1 Å². The number of benzene rings is 2. The van der Waals surface area contributed by atoms with Gasteiger partial charge in [-0.25, -0.2) is 14.6 Å². The highest BCUT2D eigenvalue weighted by atomic mass is 16.5. The van der Waals surface area contributed by atoms with Gasteiger partial charge in [-0.1, -0.05) is 48.5 Å². The molecule has 0 atom stereocenters. The summed E-state index contributed by atoms with van der Waals surface area (Å²) in [5, 5.41) is 13.8. The van der Waals surface area contributed by atoms with Crippen LogP contribution >= 0.6 is 0 Å². The van der Waals surface area contributed by atoms with E-state index in [4.69, 9.17) is 14.6 Å². The fourth-order valence-electron chi connectivity index (χ4n) is 4.02. The van der Waals surface area contributed by atoms with Gasteiger partial charge in [0.25, 0.3) is 5.91 Å². The molecule has 1 aliphatic carbocycles. The van der Waals surface area contributed by atoms with Crippen molar-refractivity contribution in [2.24, 2.45) is 0 Å². The molecule has 4 rings (SSSR count). The molecule has 0 fully saturated rings. The molecule has 0 bridgehead atoms. The van der Waals surface area contributed by atoms with Crippen molar-refractivity contribution in [1.82, 2.24) is 20.2 Å². The lowest BCUT2D eigenvalue weighted by Crippen LogP contribution is -2.29. The molecule has 35 heavy (non-hydrogen) atoms. The Hall–Kier alpha value is -4.18. The van der Waals surface area contributed by atoms with E-state index in [0.717, 1.165) is 11.1 Å². The van der Waals surface area contributed by atoms with Gasteiger partial charge in [0.15, 0.2) is 0 Å². The number of ether oxygens (including phenoxy) is 2. The van der Waals surface area contributed by atoms with E-state index in [-0.39, 0.29) is 31.4 Å². The third-order valence-electron chi connectivity index (χ3n) is 5.61. The highest BCUT2D eigenvalue weighted by molar-refractivity contribution is 5.92. The topological polar surface area (TPSA) is 132 Å². The van der Waals surface area contributed by atoms with Gasteiger partial charge in [-0.2, -0.15) is 0 Å². The van der Waals surface area contributed by atoms with Gasteiger partial charge < -0.3 is 29.8 Å². The molecule has 3 aromatic rings. The molecule has 0 saturated heterocycles. The Morgan fingerprint density at radius 3 is 2.34 bits per heavy atom. The number of nitrogens with one attached hydrogen (secondary N) is 2. The van der Waals surface area contributed by atoms with E-state index in [1.54, 1.807) is 10.8 Å². The molecule has 0 unspecified atom stereocenters. The van der Waals surface area contributed by atoms with Gasteiger partial charge in [-0.05, 0) is 22.3 Å². The number of hydrogen-bond donors (Lipinski definition) is 3. The predicted molar refractivity (Wildman–Crippen MR) is 126 cm³/mol. The minimum atomic E-state index is -1.07. The summed E-state index contributed by atoms with van der Waals surface area (Å²) in [7, 11) is 0. The van der Waals surface area contributed by atoms with Gasteiger partial charge in [0.1, 0.15) is 18.9 Å². The van der Waals surface area contributed by atoms with Gasteiger partial charge in [0.05, 0.1) is 12.9 Å². The van der Waals surface area contributed by atoms with Crippen molar-refractivity contribution >= 4 is 18.0 Å². The predicted octanol–water partition coefficient (Wildman–Crippen LogP) is 2.25.